The fourth-order valence-electron chi connectivity index (χ4n) is 9.29. The Morgan fingerprint density at radius 1 is 1.08 bits per heavy atom. The van der Waals surface area contributed by atoms with E-state index in [0.29, 0.717) is 24.0 Å². The smallest absolute Gasteiger partial charge is 0.263 e. The molecule has 284 valence electrons. The van der Waals surface area contributed by atoms with Gasteiger partial charge in [-0.25, -0.2) is 4.21 Å². The van der Waals surface area contributed by atoms with E-state index in [9.17, 15) is 9.00 Å². The molecule has 0 aromatic heterocycles. The van der Waals surface area contributed by atoms with Crippen LogP contribution in [0.15, 0.2) is 48.6 Å². The summed E-state index contributed by atoms with van der Waals surface area (Å²) in [6, 6.07) is 12.1. The number of aryl methyl sites for hydroxylation is 1. The third-order valence-electron chi connectivity index (χ3n) is 12.7. The first-order valence-electron chi connectivity index (χ1n) is 19.5. The predicted octanol–water partition coefficient (Wildman–Crippen LogP) is 5.91. The topological polar surface area (TPSA) is 92.4 Å². The number of ether oxygens (including phenoxy) is 3. The average molecular weight is 753 g/mol. The zero-order valence-electron chi connectivity index (χ0n) is 31.2. The summed E-state index contributed by atoms with van der Waals surface area (Å²) in [5, 5.41) is 4.08. The normalized spacial score (nSPS) is 34.1. The molecule has 2 aliphatic carbocycles. The van der Waals surface area contributed by atoms with E-state index in [-0.39, 0.29) is 22.5 Å². The number of hydrogen-bond donors (Lipinski definition) is 2. The Balaban J connectivity index is 1.28. The molecule has 2 N–H and O–H groups in total. The van der Waals surface area contributed by atoms with Crippen LogP contribution in [0.1, 0.15) is 73.9 Å². The molecule has 52 heavy (non-hydrogen) atoms. The van der Waals surface area contributed by atoms with Gasteiger partial charge >= 0.3 is 0 Å². The van der Waals surface area contributed by atoms with E-state index in [1.165, 1.54) is 11.1 Å². The lowest BCUT2D eigenvalue weighted by atomic mass is 9.63. The van der Waals surface area contributed by atoms with Crippen molar-refractivity contribution in [1.82, 2.24) is 14.9 Å². The quantitative estimate of drug-likeness (QED) is 0.374. The summed E-state index contributed by atoms with van der Waals surface area (Å²) < 4.78 is 35.7. The Hall–Kier alpha value is -2.47. The monoisotopic (exact) mass is 752 g/mol. The number of anilines is 1. The van der Waals surface area contributed by atoms with Crippen LogP contribution in [0.2, 0.25) is 5.02 Å². The first-order chi connectivity index (χ1) is 25.2. The minimum absolute atomic E-state index is 0.0905. The van der Waals surface area contributed by atoms with Crippen LogP contribution in [0, 0.1) is 17.8 Å². The molecule has 0 radical (unpaired) electrons. The summed E-state index contributed by atoms with van der Waals surface area (Å²) in [6.07, 6.45) is 11.6. The molecule has 11 heteroatoms. The molecule has 7 rings (SSSR count). The van der Waals surface area contributed by atoms with Crippen LogP contribution in [0.4, 0.5) is 5.69 Å². The highest BCUT2D eigenvalue weighted by molar-refractivity contribution is 7.84. The number of halogens is 1. The van der Waals surface area contributed by atoms with Crippen molar-refractivity contribution in [2.24, 2.45) is 17.8 Å². The number of carbonyl (C=O) groups is 1. The van der Waals surface area contributed by atoms with Crippen LogP contribution in [-0.4, -0.2) is 98.6 Å². The first-order valence-corrected chi connectivity index (χ1v) is 21.1. The summed E-state index contributed by atoms with van der Waals surface area (Å²) in [4.78, 5) is 18.7. The van der Waals surface area contributed by atoms with Gasteiger partial charge in [0.25, 0.3) is 5.91 Å². The Bertz CT molecular complexity index is 1630. The molecule has 2 bridgehead atoms. The maximum Gasteiger partial charge on any atom is 0.263 e. The molecule has 5 unspecified atom stereocenters. The number of fused-ring (bicyclic) bond motifs is 4. The molecule has 2 aromatic carbocycles. The summed E-state index contributed by atoms with van der Waals surface area (Å²) in [5.41, 5.74) is 3.34. The van der Waals surface area contributed by atoms with Gasteiger partial charge in [-0.3, -0.25) is 14.4 Å². The number of methoxy groups -OCH3 is 1. The van der Waals surface area contributed by atoms with Gasteiger partial charge in [0.2, 0.25) is 0 Å². The van der Waals surface area contributed by atoms with E-state index in [1.807, 2.05) is 38.3 Å². The average Bonchev–Trinajstić information content (AvgIpc) is 3.28. The van der Waals surface area contributed by atoms with Crippen molar-refractivity contribution in [2.75, 3.05) is 77.6 Å². The van der Waals surface area contributed by atoms with Crippen molar-refractivity contribution in [3.8, 4) is 5.75 Å². The molecule has 1 amide bonds. The molecule has 1 saturated carbocycles. The molecule has 9 nitrogen and oxygen atoms in total. The van der Waals surface area contributed by atoms with Crippen LogP contribution in [0.5, 0.6) is 5.75 Å². The van der Waals surface area contributed by atoms with Crippen LogP contribution < -0.4 is 19.7 Å². The summed E-state index contributed by atoms with van der Waals surface area (Å²) in [6.45, 7) is 12.2. The zero-order chi connectivity index (χ0) is 36.3. The summed E-state index contributed by atoms with van der Waals surface area (Å²) in [7, 11) is 0.336. The second-order valence-corrected chi connectivity index (χ2v) is 17.9. The lowest BCUT2D eigenvalue weighted by Gasteiger charge is -2.52. The Morgan fingerprint density at radius 3 is 2.79 bits per heavy atom. The third kappa shape index (κ3) is 7.98. The van der Waals surface area contributed by atoms with Crippen LogP contribution >= 0.6 is 11.6 Å². The van der Waals surface area contributed by atoms with E-state index in [4.69, 9.17) is 25.8 Å². The maximum absolute atomic E-state index is 13.6. The number of rotatable bonds is 3. The lowest BCUT2D eigenvalue weighted by Crippen LogP contribution is -2.57. The summed E-state index contributed by atoms with van der Waals surface area (Å²) in [5.74, 6) is 1.23. The molecular weight excluding hydrogens is 696 g/mol. The van der Waals surface area contributed by atoms with Crippen LogP contribution in [-0.2, 0) is 32.3 Å². The van der Waals surface area contributed by atoms with E-state index in [1.54, 1.807) is 0 Å². The van der Waals surface area contributed by atoms with Crippen LogP contribution in [0.25, 0.3) is 0 Å². The fraction of sp³-hybridized carbons (Fsp3) is 0.634. The van der Waals surface area contributed by atoms with Gasteiger partial charge in [-0.2, -0.15) is 0 Å². The van der Waals surface area contributed by atoms with Gasteiger partial charge in [0.15, 0.2) is 0 Å². The number of allylic oxidation sites excluding steroid dienone is 1. The number of nitrogens with one attached hydrogen (secondary N) is 2. The fourth-order valence-corrected chi connectivity index (χ4v) is 10.5. The molecule has 5 aliphatic rings. The van der Waals surface area contributed by atoms with Gasteiger partial charge in [0.05, 0.1) is 24.2 Å². The van der Waals surface area contributed by atoms with E-state index in [2.05, 4.69) is 51.0 Å². The largest absolute Gasteiger partial charge is 0.490 e. The molecule has 3 aliphatic heterocycles. The second-order valence-electron chi connectivity index (χ2n) is 15.9. The number of amides is 1. The standard InChI is InChI=1S/C41H57ClN4O5S/c1-29-7-4-16-41(49-3,27-45-19-6-21-50-22-18-43-17-20-45)36-12-9-33(36)25-46-26-40(15-5-8-31-23-34(42)11-13-35(31)40)28-51-38-14-10-32(24-37(38)46)39(47)44-52(48)30(29)2/h4,10-11,13-14,16,23-24,29-30,33,36,43H,5-9,12,15,17-22,25-28H2,1-3H3,(H,44,47)/b16-4+/t29?,30?,33?,36?,40-,41-,52?/m0/s1. The van der Waals surface area contributed by atoms with Crippen molar-refractivity contribution < 1.29 is 23.2 Å². The Kier molecular flexibility index (Phi) is 12.0. The van der Waals surface area contributed by atoms with Gasteiger partial charge in [0, 0.05) is 75.5 Å². The Labute approximate surface area is 317 Å². The maximum atomic E-state index is 13.6. The molecule has 1 spiro atoms. The minimum atomic E-state index is -1.55. The molecule has 7 atom stereocenters. The van der Waals surface area contributed by atoms with Crippen LogP contribution in [0.3, 0.4) is 0 Å². The molecular formula is C41H57ClN4O5S. The number of carbonyl (C=O) groups excluding carboxylic acids is 1. The van der Waals surface area contributed by atoms with Crippen molar-refractivity contribution in [2.45, 2.75) is 75.1 Å². The highest BCUT2D eigenvalue weighted by Gasteiger charge is 2.49. The van der Waals surface area contributed by atoms with E-state index < -0.39 is 16.6 Å². The van der Waals surface area contributed by atoms with Gasteiger partial charge in [-0.15, -0.1) is 0 Å². The second kappa shape index (κ2) is 16.5. The minimum Gasteiger partial charge on any atom is -0.490 e. The molecule has 2 fully saturated rings. The van der Waals surface area contributed by atoms with Gasteiger partial charge < -0.3 is 24.4 Å². The van der Waals surface area contributed by atoms with Gasteiger partial charge in [-0.05, 0) is 111 Å². The third-order valence-corrected chi connectivity index (χ3v) is 14.4. The van der Waals surface area contributed by atoms with E-state index in [0.717, 1.165) is 120 Å². The van der Waals surface area contributed by atoms with Gasteiger partial charge in [0.1, 0.15) is 22.3 Å². The molecule has 1 saturated heterocycles. The van der Waals surface area contributed by atoms with Gasteiger partial charge in [-0.1, -0.05) is 36.7 Å². The predicted molar refractivity (Wildman–Crippen MR) is 209 cm³/mol. The Morgan fingerprint density at radius 2 is 1.96 bits per heavy atom. The molecule has 3 heterocycles. The van der Waals surface area contributed by atoms with Crippen molar-refractivity contribution in [1.29, 1.82) is 0 Å². The SMILES string of the molecule is CO[C@]1(CN2CCCOCCNCC2)/C=C/CC(C)C(C)S(=O)NC(=O)c2ccc3c(c2)N(CC2CCC21)C[C@@]1(CCCc2cc(Cl)ccc21)CO3. The molecule has 2 aromatic rings. The van der Waals surface area contributed by atoms with Crippen molar-refractivity contribution in [3.63, 3.8) is 0 Å². The summed E-state index contributed by atoms with van der Waals surface area (Å²) >= 11 is 6.52. The number of hydrogen-bond acceptors (Lipinski definition) is 8. The first kappa shape index (κ1) is 37.8. The number of nitrogens with zero attached hydrogens (tertiary/aromatic N) is 2. The highest BCUT2D eigenvalue weighted by atomic mass is 35.5. The highest BCUT2D eigenvalue weighted by Crippen LogP contribution is 2.49. The number of benzene rings is 2. The zero-order valence-corrected chi connectivity index (χ0v) is 32.7. The van der Waals surface area contributed by atoms with Crippen molar-refractivity contribution >= 4 is 34.2 Å². The van der Waals surface area contributed by atoms with Crippen molar-refractivity contribution in [3.05, 3.63) is 70.3 Å². The van der Waals surface area contributed by atoms with E-state index >= 15 is 0 Å². The lowest BCUT2D eigenvalue weighted by molar-refractivity contribution is -0.0921.